The highest BCUT2D eigenvalue weighted by molar-refractivity contribution is 5.77. The van der Waals surface area contributed by atoms with E-state index in [1.165, 1.54) is 13.2 Å². The number of hydrogen-bond donors (Lipinski definition) is 1. The van der Waals surface area contributed by atoms with Crippen molar-refractivity contribution < 1.29 is 19.4 Å². The van der Waals surface area contributed by atoms with Crippen molar-refractivity contribution in [2.45, 2.75) is 18.4 Å². The van der Waals surface area contributed by atoms with Crippen LogP contribution in [0, 0.1) is 0 Å². The standard InChI is InChI=1S/C21H20N2O4/c1-21(15-9-5-3-6-10-15,16-11-7-4-8-12-16)19(20(24)25)27-18-14-13-17(26-2)22-23-18/h3-14,19H,1-2H3,(H,24,25). The van der Waals surface area contributed by atoms with Gasteiger partial charge < -0.3 is 14.6 Å². The normalized spacial score (nSPS) is 12.2. The number of benzene rings is 2. The van der Waals surface area contributed by atoms with Gasteiger partial charge in [0.1, 0.15) is 0 Å². The lowest BCUT2D eigenvalue weighted by molar-refractivity contribution is -0.147. The molecule has 0 bridgehead atoms. The van der Waals surface area contributed by atoms with Gasteiger partial charge in [0, 0.05) is 12.1 Å². The zero-order valence-electron chi connectivity index (χ0n) is 15.1. The number of rotatable bonds is 7. The van der Waals surface area contributed by atoms with Crippen LogP contribution in [0.2, 0.25) is 0 Å². The molecule has 1 aromatic heterocycles. The number of hydrogen-bond acceptors (Lipinski definition) is 5. The maximum absolute atomic E-state index is 12.2. The first-order valence-electron chi connectivity index (χ1n) is 8.44. The van der Waals surface area contributed by atoms with Crippen molar-refractivity contribution in [3.8, 4) is 11.8 Å². The van der Waals surface area contributed by atoms with Crippen molar-refractivity contribution in [1.82, 2.24) is 10.2 Å². The van der Waals surface area contributed by atoms with Crippen LogP contribution in [0.25, 0.3) is 0 Å². The number of nitrogens with zero attached hydrogens (tertiary/aromatic N) is 2. The second-order valence-corrected chi connectivity index (χ2v) is 6.18. The van der Waals surface area contributed by atoms with Crippen LogP contribution < -0.4 is 9.47 Å². The molecule has 3 rings (SSSR count). The van der Waals surface area contributed by atoms with E-state index in [1.54, 1.807) is 6.07 Å². The number of carboxylic acids is 1. The van der Waals surface area contributed by atoms with E-state index in [2.05, 4.69) is 10.2 Å². The minimum absolute atomic E-state index is 0.112. The third kappa shape index (κ3) is 3.74. The fraction of sp³-hybridized carbons (Fsp3) is 0.190. The van der Waals surface area contributed by atoms with Crippen LogP contribution in [0.1, 0.15) is 18.1 Å². The molecule has 1 heterocycles. The summed E-state index contributed by atoms with van der Waals surface area (Å²) in [5.41, 5.74) is 0.700. The van der Waals surface area contributed by atoms with Crippen LogP contribution in [-0.4, -0.2) is 34.5 Å². The lowest BCUT2D eigenvalue weighted by Gasteiger charge is -2.36. The fourth-order valence-electron chi connectivity index (χ4n) is 3.05. The lowest BCUT2D eigenvalue weighted by atomic mass is 9.72. The van der Waals surface area contributed by atoms with E-state index in [4.69, 9.17) is 9.47 Å². The molecule has 1 N–H and O–H groups in total. The van der Waals surface area contributed by atoms with Gasteiger partial charge in [-0.15, -0.1) is 10.2 Å². The van der Waals surface area contributed by atoms with Gasteiger partial charge in [-0.05, 0) is 18.1 Å². The quantitative estimate of drug-likeness (QED) is 0.693. The first-order chi connectivity index (χ1) is 13.1. The molecule has 0 fully saturated rings. The average molecular weight is 364 g/mol. The summed E-state index contributed by atoms with van der Waals surface area (Å²) in [6.45, 7) is 1.85. The first-order valence-corrected chi connectivity index (χ1v) is 8.44. The minimum Gasteiger partial charge on any atom is -0.480 e. The van der Waals surface area contributed by atoms with Gasteiger partial charge in [-0.2, -0.15) is 0 Å². The molecule has 0 spiro atoms. The Morgan fingerprint density at radius 3 is 1.78 bits per heavy atom. The Hall–Kier alpha value is -3.41. The zero-order valence-corrected chi connectivity index (χ0v) is 15.1. The van der Waals surface area contributed by atoms with E-state index < -0.39 is 17.5 Å². The third-order valence-corrected chi connectivity index (χ3v) is 4.56. The SMILES string of the molecule is COc1ccc(OC(C(=O)O)C(C)(c2ccccc2)c2ccccc2)nn1. The molecule has 0 aliphatic carbocycles. The van der Waals surface area contributed by atoms with Gasteiger partial charge in [-0.25, -0.2) is 4.79 Å². The van der Waals surface area contributed by atoms with E-state index in [0.717, 1.165) is 11.1 Å². The summed E-state index contributed by atoms with van der Waals surface area (Å²) >= 11 is 0. The van der Waals surface area contributed by atoms with Crippen molar-refractivity contribution in [1.29, 1.82) is 0 Å². The van der Waals surface area contributed by atoms with Crippen molar-refractivity contribution in [2.75, 3.05) is 7.11 Å². The molecule has 0 amide bonds. The Balaban J connectivity index is 2.08. The van der Waals surface area contributed by atoms with E-state index in [9.17, 15) is 9.90 Å². The highest BCUT2D eigenvalue weighted by Gasteiger charge is 2.44. The van der Waals surface area contributed by atoms with Crippen LogP contribution in [0.3, 0.4) is 0 Å². The summed E-state index contributed by atoms with van der Waals surface area (Å²) in [7, 11) is 1.48. The summed E-state index contributed by atoms with van der Waals surface area (Å²) < 4.78 is 10.8. The Labute approximate surface area is 157 Å². The molecule has 0 radical (unpaired) electrons. The zero-order chi connectivity index (χ0) is 19.3. The Morgan fingerprint density at radius 2 is 1.37 bits per heavy atom. The average Bonchev–Trinajstić information content (AvgIpc) is 2.73. The summed E-state index contributed by atoms with van der Waals surface area (Å²) in [6.07, 6.45) is -1.22. The van der Waals surface area contributed by atoms with Crippen molar-refractivity contribution >= 4 is 5.97 Å². The molecule has 0 saturated heterocycles. The molecule has 2 aromatic carbocycles. The molecule has 138 valence electrons. The Kier molecular flexibility index (Phi) is 5.35. The molecule has 0 aliphatic rings. The number of carboxylic acid groups (broad SMARTS) is 1. The van der Waals surface area contributed by atoms with E-state index in [1.807, 2.05) is 67.6 Å². The Morgan fingerprint density at radius 1 is 0.889 bits per heavy atom. The number of ether oxygens (including phenoxy) is 2. The third-order valence-electron chi connectivity index (χ3n) is 4.56. The topological polar surface area (TPSA) is 81.5 Å². The number of aromatic nitrogens is 2. The summed E-state index contributed by atoms with van der Waals surface area (Å²) in [6, 6.07) is 22.0. The molecule has 0 aliphatic heterocycles. The number of carbonyl (C=O) groups is 1. The molecule has 27 heavy (non-hydrogen) atoms. The van der Waals surface area contributed by atoms with Crippen LogP contribution in [-0.2, 0) is 10.2 Å². The highest BCUT2D eigenvalue weighted by Crippen LogP contribution is 2.37. The predicted octanol–water partition coefficient (Wildman–Crippen LogP) is 3.32. The van der Waals surface area contributed by atoms with Gasteiger partial charge in [0.15, 0.2) is 0 Å². The minimum atomic E-state index is -1.22. The molecule has 1 atom stereocenters. The summed E-state index contributed by atoms with van der Waals surface area (Å²) in [5.74, 6) is -0.660. The second kappa shape index (κ2) is 7.86. The predicted molar refractivity (Wildman–Crippen MR) is 100.0 cm³/mol. The summed E-state index contributed by atoms with van der Waals surface area (Å²) in [5, 5.41) is 17.8. The molecular weight excluding hydrogens is 344 g/mol. The van der Waals surface area contributed by atoms with Crippen LogP contribution in [0.5, 0.6) is 11.8 Å². The molecule has 6 heteroatoms. The maximum atomic E-state index is 12.2. The lowest BCUT2D eigenvalue weighted by Crippen LogP contribution is -2.47. The van der Waals surface area contributed by atoms with Crippen LogP contribution in [0.4, 0.5) is 0 Å². The van der Waals surface area contributed by atoms with Gasteiger partial charge in [-0.3, -0.25) is 0 Å². The maximum Gasteiger partial charge on any atom is 0.346 e. The smallest absolute Gasteiger partial charge is 0.346 e. The Bertz CT molecular complexity index is 844. The van der Waals surface area contributed by atoms with Crippen LogP contribution in [0.15, 0.2) is 72.8 Å². The van der Waals surface area contributed by atoms with E-state index in [-0.39, 0.29) is 5.88 Å². The summed E-state index contributed by atoms with van der Waals surface area (Å²) in [4.78, 5) is 12.2. The number of aliphatic carboxylic acids is 1. The van der Waals surface area contributed by atoms with Crippen molar-refractivity contribution in [3.63, 3.8) is 0 Å². The van der Waals surface area contributed by atoms with Gasteiger partial charge in [0.25, 0.3) is 0 Å². The van der Waals surface area contributed by atoms with Gasteiger partial charge in [0.2, 0.25) is 17.9 Å². The van der Waals surface area contributed by atoms with Crippen molar-refractivity contribution in [2.24, 2.45) is 0 Å². The molecule has 6 nitrogen and oxygen atoms in total. The van der Waals surface area contributed by atoms with E-state index >= 15 is 0 Å². The molecular formula is C21H20N2O4. The highest BCUT2D eigenvalue weighted by atomic mass is 16.5. The van der Waals surface area contributed by atoms with E-state index in [0.29, 0.717) is 5.88 Å². The number of methoxy groups -OCH3 is 1. The molecule has 3 aromatic rings. The fourth-order valence-corrected chi connectivity index (χ4v) is 3.05. The molecule has 1 unspecified atom stereocenters. The van der Waals surface area contributed by atoms with Gasteiger partial charge >= 0.3 is 5.97 Å². The largest absolute Gasteiger partial charge is 0.480 e. The molecule has 0 saturated carbocycles. The first kappa shape index (κ1) is 18.4. The van der Waals surface area contributed by atoms with Gasteiger partial charge in [0.05, 0.1) is 12.5 Å². The van der Waals surface area contributed by atoms with Gasteiger partial charge in [-0.1, -0.05) is 60.7 Å². The van der Waals surface area contributed by atoms with Crippen molar-refractivity contribution in [3.05, 3.63) is 83.9 Å². The van der Waals surface area contributed by atoms with Crippen LogP contribution >= 0.6 is 0 Å². The second-order valence-electron chi connectivity index (χ2n) is 6.18. The monoisotopic (exact) mass is 364 g/mol.